The summed E-state index contributed by atoms with van der Waals surface area (Å²) in [4.78, 5) is 20.4. The Kier molecular flexibility index (Phi) is 4.45. The smallest absolute Gasteiger partial charge is 0.259 e. The Balaban J connectivity index is 1.87. The predicted octanol–water partition coefficient (Wildman–Crippen LogP) is 3.23. The molecule has 3 heterocycles. The number of thiophene rings is 1. The summed E-state index contributed by atoms with van der Waals surface area (Å²) in [6.07, 6.45) is 3.96. The molecule has 0 unspecified atom stereocenters. The number of amides is 1. The van der Waals surface area contributed by atoms with Crippen molar-refractivity contribution >= 4 is 27.5 Å². The van der Waals surface area contributed by atoms with Crippen LogP contribution in [0.5, 0.6) is 0 Å². The highest BCUT2D eigenvalue weighted by atomic mass is 32.1. The van der Waals surface area contributed by atoms with Crippen LogP contribution in [0.3, 0.4) is 0 Å². The Hall–Kier alpha value is -1.46. The highest BCUT2D eigenvalue weighted by Gasteiger charge is 2.27. The van der Waals surface area contributed by atoms with E-state index >= 15 is 0 Å². The van der Waals surface area contributed by atoms with E-state index in [2.05, 4.69) is 29.8 Å². The molecule has 0 radical (unpaired) electrons. The topological polar surface area (TPSA) is 59.2 Å². The number of carbonyl (C=O) groups excluding carboxylic acids is 1. The van der Waals surface area contributed by atoms with Crippen molar-refractivity contribution in [3.05, 3.63) is 28.8 Å². The summed E-state index contributed by atoms with van der Waals surface area (Å²) in [5.41, 5.74) is 6.75. The lowest BCUT2D eigenvalue weighted by Crippen LogP contribution is -2.35. The third kappa shape index (κ3) is 3.01. The Morgan fingerprint density at radius 3 is 2.82 bits per heavy atom. The van der Waals surface area contributed by atoms with E-state index in [9.17, 15) is 4.79 Å². The second-order valence-electron chi connectivity index (χ2n) is 6.53. The molecular weight excluding hydrogens is 294 g/mol. The van der Waals surface area contributed by atoms with Crippen LogP contribution in [0.1, 0.15) is 47.8 Å². The van der Waals surface area contributed by atoms with Crippen molar-refractivity contribution in [1.82, 2.24) is 9.88 Å². The Labute approximate surface area is 135 Å². The molecular formula is C17H23N3OS. The number of aromatic nitrogens is 1. The van der Waals surface area contributed by atoms with E-state index in [4.69, 9.17) is 5.73 Å². The van der Waals surface area contributed by atoms with E-state index < -0.39 is 0 Å². The van der Waals surface area contributed by atoms with Crippen molar-refractivity contribution in [3.63, 3.8) is 0 Å². The van der Waals surface area contributed by atoms with Gasteiger partial charge in [-0.2, -0.15) is 0 Å². The quantitative estimate of drug-likeness (QED) is 0.942. The van der Waals surface area contributed by atoms with Crippen molar-refractivity contribution < 1.29 is 4.79 Å². The molecule has 2 aromatic heterocycles. The standard InChI is InChI=1S/C17H23N3OS/c1-11(2)10-20-8-5-12(6-9-20)14-13-4-3-7-19-17(13)22-15(14)16(18)21/h3-4,7,11-12H,5-6,8-10H2,1-2H3,(H2,18,21). The van der Waals surface area contributed by atoms with Crippen LogP contribution < -0.4 is 5.73 Å². The van der Waals surface area contributed by atoms with Crippen LogP contribution in [0.25, 0.3) is 10.2 Å². The molecule has 3 rings (SSSR count). The van der Waals surface area contributed by atoms with Gasteiger partial charge in [0.2, 0.25) is 0 Å². The number of nitrogens with zero attached hydrogens (tertiary/aromatic N) is 2. The van der Waals surface area contributed by atoms with Gasteiger partial charge in [0.25, 0.3) is 5.91 Å². The summed E-state index contributed by atoms with van der Waals surface area (Å²) >= 11 is 1.44. The molecule has 0 saturated carbocycles. The van der Waals surface area contributed by atoms with E-state index in [-0.39, 0.29) is 5.91 Å². The number of hydrogen-bond donors (Lipinski definition) is 1. The molecule has 1 fully saturated rings. The third-order valence-electron chi connectivity index (χ3n) is 4.35. The fourth-order valence-corrected chi connectivity index (χ4v) is 4.54. The predicted molar refractivity (Wildman–Crippen MR) is 91.4 cm³/mol. The Bertz CT molecular complexity index is 672. The first kappa shape index (κ1) is 15.4. The van der Waals surface area contributed by atoms with Gasteiger partial charge >= 0.3 is 0 Å². The molecule has 0 aliphatic carbocycles. The van der Waals surface area contributed by atoms with Gasteiger partial charge < -0.3 is 10.6 Å². The second-order valence-corrected chi connectivity index (χ2v) is 7.53. The van der Waals surface area contributed by atoms with Gasteiger partial charge in [0.1, 0.15) is 4.83 Å². The molecule has 1 aliphatic rings. The summed E-state index contributed by atoms with van der Waals surface area (Å²) in [7, 11) is 0. The zero-order valence-corrected chi connectivity index (χ0v) is 14.0. The molecule has 5 heteroatoms. The first-order valence-electron chi connectivity index (χ1n) is 7.95. The van der Waals surface area contributed by atoms with Crippen LogP contribution in [0, 0.1) is 5.92 Å². The molecule has 0 aromatic carbocycles. The van der Waals surface area contributed by atoms with E-state index in [1.54, 1.807) is 6.20 Å². The van der Waals surface area contributed by atoms with Crippen LogP contribution in [-0.4, -0.2) is 35.4 Å². The van der Waals surface area contributed by atoms with Crippen LogP contribution >= 0.6 is 11.3 Å². The molecule has 22 heavy (non-hydrogen) atoms. The number of fused-ring (bicyclic) bond motifs is 1. The van der Waals surface area contributed by atoms with E-state index in [0.29, 0.717) is 16.7 Å². The van der Waals surface area contributed by atoms with E-state index in [1.165, 1.54) is 11.3 Å². The Morgan fingerprint density at radius 1 is 1.45 bits per heavy atom. The lowest BCUT2D eigenvalue weighted by molar-refractivity contribution is 0.100. The summed E-state index contributed by atoms with van der Waals surface area (Å²) in [6.45, 7) is 7.86. The molecule has 1 aliphatic heterocycles. The number of pyridine rings is 1. The molecule has 1 amide bonds. The van der Waals surface area contributed by atoms with Crippen molar-refractivity contribution in [3.8, 4) is 0 Å². The van der Waals surface area contributed by atoms with Gasteiger partial charge in [-0.3, -0.25) is 4.79 Å². The van der Waals surface area contributed by atoms with Gasteiger partial charge in [-0.25, -0.2) is 4.98 Å². The summed E-state index contributed by atoms with van der Waals surface area (Å²) in [5.74, 6) is 0.801. The molecule has 0 spiro atoms. The summed E-state index contributed by atoms with van der Waals surface area (Å²) < 4.78 is 0. The van der Waals surface area contributed by atoms with Gasteiger partial charge in [0.05, 0.1) is 4.88 Å². The van der Waals surface area contributed by atoms with E-state index in [1.807, 2.05) is 6.07 Å². The molecule has 0 atom stereocenters. The average molecular weight is 317 g/mol. The van der Waals surface area contributed by atoms with Crippen molar-refractivity contribution in [2.45, 2.75) is 32.6 Å². The largest absolute Gasteiger partial charge is 0.365 e. The van der Waals surface area contributed by atoms with Crippen molar-refractivity contribution in [2.24, 2.45) is 11.7 Å². The average Bonchev–Trinajstić information content (AvgIpc) is 2.87. The third-order valence-corrected chi connectivity index (χ3v) is 5.49. The zero-order chi connectivity index (χ0) is 15.7. The number of rotatable bonds is 4. The minimum atomic E-state index is -0.317. The zero-order valence-electron chi connectivity index (χ0n) is 13.2. The van der Waals surface area contributed by atoms with Gasteiger partial charge in [-0.05, 0) is 49.4 Å². The fraction of sp³-hybridized carbons (Fsp3) is 0.529. The Morgan fingerprint density at radius 2 is 2.18 bits per heavy atom. The maximum absolute atomic E-state index is 11.8. The van der Waals surface area contributed by atoms with Crippen LogP contribution in [0.2, 0.25) is 0 Å². The normalized spacial score (nSPS) is 17.4. The van der Waals surface area contributed by atoms with Crippen molar-refractivity contribution in [2.75, 3.05) is 19.6 Å². The second kappa shape index (κ2) is 6.34. The van der Waals surface area contributed by atoms with Crippen LogP contribution in [-0.2, 0) is 0 Å². The maximum Gasteiger partial charge on any atom is 0.259 e. The highest BCUT2D eigenvalue weighted by molar-refractivity contribution is 7.20. The highest BCUT2D eigenvalue weighted by Crippen LogP contribution is 2.39. The molecule has 2 N–H and O–H groups in total. The molecule has 118 valence electrons. The minimum absolute atomic E-state index is 0.317. The van der Waals surface area contributed by atoms with Crippen LogP contribution in [0.15, 0.2) is 18.3 Å². The minimum Gasteiger partial charge on any atom is -0.365 e. The number of nitrogens with two attached hydrogens (primary N) is 1. The van der Waals surface area contributed by atoms with Gasteiger partial charge in [-0.1, -0.05) is 19.9 Å². The van der Waals surface area contributed by atoms with Gasteiger partial charge in [-0.15, -0.1) is 11.3 Å². The maximum atomic E-state index is 11.8. The SMILES string of the molecule is CC(C)CN1CCC(c2c(C(N)=O)sc3ncccc23)CC1. The summed E-state index contributed by atoms with van der Waals surface area (Å²) in [6, 6.07) is 4.01. The number of carbonyl (C=O) groups is 1. The monoisotopic (exact) mass is 317 g/mol. The number of piperidine rings is 1. The molecule has 2 aromatic rings. The lowest BCUT2D eigenvalue weighted by atomic mass is 9.87. The number of likely N-dealkylation sites (tertiary alicyclic amines) is 1. The van der Waals surface area contributed by atoms with Gasteiger partial charge in [0, 0.05) is 18.1 Å². The van der Waals surface area contributed by atoms with Crippen LogP contribution in [0.4, 0.5) is 0 Å². The lowest BCUT2D eigenvalue weighted by Gasteiger charge is -2.33. The van der Waals surface area contributed by atoms with Crippen molar-refractivity contribution in [1.29, 1.82) is 0 Å². The fourth-order valence-electron chi connectivity index (χ4n) is 3.46. The first-order chi connectivity index (χ1) is 10.6. The van der Waals surface area contributed by atoms with Gasteiger partial charge in [0.15, 0.2) is 0 Å². The molecule has 0 bridgehead atoms. The number of hydrogen-bond acceptors (Lipinski definition) is 4. The first-order valence-corrected chi connectivity index (χ1v) is 8.77. The number of primary amides is 1. The van der Waals surface area contributed by atoms with E-state index in [0.717, 1.165) is 48.3 Å². The molecule has 4 nitrogen and oxygen atoms in total. The summed E-state index contributed by atoms with van der Waals surface area (Å²) in [5, 5.41) is 1.11. The molecule has 1 saturated heterocycles.